The molecule has 4 nitrogen and oxygen atoms in total. The number of ether oxygens (including phenoxy) is 1. The molecule has 0 saturated carbocycles. The molecule has 2 fully saturated rings. The first-order chi connectivity index (χ1) is 11.5. The van der Waals surface area contributed by atoms with Crippen molar-refractivity contribution < 1.29 is 14.6 Å². The summed E-state index contributed by atoms with van der Waals surface area (Å²) in [7, 11) is 0. The molecule has 1 amide bonds. The molecule has 0 aromatic heterocycles. The van der Waals surface area contributed by atoms with Gasteiger partial charge >= 0.3 is 0 Å². The summed E-state index contributed by atoms with van der Waals surface area (Å²) in [4.78, 5) is 14.5. The zero-order valence-corrected chi connectivity index (χ0v) is 15.0. The molecule has 5 heteroatoms. The van der Waals surface area contributed by atoms with E-state index in [9.17, 15) is 9.90 Å². The Hall–Kier alpha value is -1.10. The van der Waals surface area contributed by atoms with E-state index < -0.39 is 5.60 Å². The molecule has 2 heterocycles. The Balaban J connectivity index is 1.60. The van der Waals surface area contributed by atoms with E-state index in [0.29, 0.717) is 31.0 Å². The number of benzene rings is 1. The number of halogens is 1. The second-order valence-electron chi connectivity index (χ2n) is 7.17. The third-order valence-corrected chi connectivity index (χ3v) is 5.93. The van der Waals surface area contributed by atoms with E-state index in [4.69, 9.17) is 16.3 Å². The van der Waals surface area contributed by atoms with Crippen LogP contribution in [0.5, 0.6) is 0 Å². The van der Waals surface area contributed by atoms with Gasteiger partial charge in [-0.3, -0.25) is 4.79 Å². The summed E-state index contributed by atoms with van der Waals surface area (Å²) < 4.78 is 5.42. The van der Waals surface area contributed by atoms with Crippen LogP contribution in [0.15, 0.2) is 24.3 Å². The van der Waals surface area contributed by atoms with Gasteiger partial charge in [0.2, 0.25) is 5.91 Å². The lowest BCUT2D eigenvalue weighted by Gasteiger charge is -2.48. The molecule has 3 rings (SSSR count). The van der Waals surface area contributed by atoms with E-state index in [1.165, 1.54) is 0 Å². The van der Waals surface area contributed by atoms with Gasteiger partial charge in [0.05, 0.1) is 12.0 Å². The quantitative estimate of drug-likeness (QED) is 0.911. The minimum atomic E-state index is -0.666. The Kier molecular flexibility index (Phi) is 5.48. The van der Waals surface area contributed by atoms with Gasteiger partial charge in [0.1, 0.15) is 0 Å². The van der Waals surface area contributed by atoms with Crippen molar-refractivity contribution in [2.24, 2.45) is 11.8 Å². The normalized spacial score (nSPS) is 28.8. The monoisotopic (exact) mass is 351 g/mol. The highest BCUT2D eigenvalue weighted by Gasteiger charge is 2.45. The maximum Gasteiger partial charge on any atom is 0.227 e. The summed E-state index contributed by atoms with van der Waals surface area (Å²) >= 11 is 5.89. The highest BCUT2D eigenvalue weighted by atomic mass is 35.5. The van der Waals surface area contributed by atoms with E-state index >= 15 is 0 Å². The number of likely N-dealkylation sites (tertiary alicyclic amines) is 1. The lowest BCUT2D eigenvalue weighted by atomic mass is 9.70. The van der Waals surface area contributed by atoms with Gasteiger partial charge < -0.3 is 14.7 Å². The third-order valence-electron chi connectivity index (χ3n) is 5.68. The molecule has 1 aromatic carbocycles. The Labute approximate surface area is 148 Å². The van der Waals surface area contributed by atoms with E-state index in [1.807, 2.05) is 29.2 Å². The van der Waals surface area contributed by atoms with E-state index in [-0.39, 0.29) is 17.7 Å². The second kappa shape index (κ2) is 7.42. The zero-order valence-electron chi connectivity index (χ0n) is 14.2. The van der Waals surface area contributed by atoms with Gasteiger partial charge in [-0.05, 0) is 42.9 Å². The van der Waals surface area contributed by atoms with E-state index in [2.05, 4.69) is 6.92 Å². The number of carbonyl (C=O) groups excluding carboxylic acids is 1. The molecule has 0 bridgehead atoms. The van der Waals surface area contributed by atoms with Crippen molar-refractivity contribution in [3.63, 3.8) is 0 Å². The molecule has 2 aliphatic rings. The van der Waals surface area contributed by atoms with Crippen molar-refractivity contribution in [1.29, 1.82) is 0 Å². The molecule has 0 spiro atoms. The fourth-order valence-electron chi connectivity index (χ4n) is 4.06. The molecule has 1 N–H and O–H groups in total. The average molecular weight is 352 g/mol. The van der Waals surface area contributed by atoms with Gasteiger partial charge in [0, 0.05) is 37.2 Å². The number of piperidine rings is 1. The van der Waals surface area contributed by atoms with Crippen molar-refractivity contribution >= 4 is 17.5 Å². The third kappa shape index (κ3) is 3.76. The average Bonchev–Trinajstić information content (AvgIpc) is 2.60. The van der Waals surface area contributed by atoms with Crippen LogP contribution in [0.2, 0.25) is 5.02 Å². The minimum absolute atomic E-state index is 0.0866. The molecule has 0 radical (unpaired) electrons. The van der Waals surface area contributed by atoms with Crippen LogP contribution in [0.25, 0.3) is 0 Å². The van der Waals surface area contributed by atoms with Crippen LogP contribution in [-0.4, -0.2) is 47.8 Å². The minimum Gasteiger partial charge on any atom is -0.389 e. The van der Waals surface area contributed by atoms with E-state index in [0.717, 1.165) is 31.6 Å². The maximum absolute atomic E-state index is 12.6. The van der Waals surface area contributed by atoms with E-state index in [1.54, 1.807) is 0 Å². The summed E-state index contributed by atoms with van der Waals surface area (Å²) in [5.41, 5.74) is 0.309. The fourth-order valence-corrected chi connectivity index (χ4v) is 4.19. The van der Waals surface area contributed by atoms with Crippen LogP contribution in [0.1, 0.15) is 31.7 Å². The van der Waals surface area contributed by atoms with Gasteiger partial charge in [0.15, 0.2) is 0 Å². The lowest BCUT2D eigenvalue weighted by molar-refractivity contribution is -0.150. The topological polar surface area (TPSA) is 49.8 Å². The Morgan fingerprint density at radius 3 is 2.62 bits per heavy atom. The molecule has 2 saturated heterocycles. The largest absolute Gasteiger partial charge is 0.389 e. The van der Waals surface area contributed by atoms with Crippen molar-refractivity contribution in [1.82, 2.24) is 4.90 Å². The number of hydrogen-bond acceptors (Lipinski definition) is 3. The molecular weight excluding hydrogens is 326 g/mol. The van der Waals surface area contributed by atoms with Gasteiger partial charge in [-0.1, -0.05) is 30.7 Å². The van der Waals surface area contributed by atoms with Crippen molar-refractivity contribution in [3.05, 3.63) is 34.9 Å². The van der Waals surface area contributed by atoms with Crippen molar-refractivity contribution in [3.8, 4) is 0 Å². The highest BCUT2D eigenvalue weighted by molar-refractivity contribution is 6.30. The summed E-state index contributed by atoms with van der Waals surface area (Å²) in [6.45, 7) is 4.79. The molecule has 2 atom stereocenters. The molecule has 1 aromatic rings. The number of aliphatic hydroxyl groups is 1. The number of hydrogen-bond donors (Lipinski definition) is 1. The van der Waals surface area contributed by atoms with Gasteiger partial charge in [-0.15, -0.1) is 0 Å². The number of carbonyl (C=O) groups is 1. The smallest absolute Gasteiger partial charge is 0.227 e. The maximum atomic E-state index is 12.6. The zero-order chi connectivity index (χ0) is 17.2. The van der Waals surface area contributed by atoms with Gasteiger partial charge in [-0.25, -0.2) is 0 Å². The predicted molar refractivity (Wildman–Crippen MR) is 94.0 cm³/mol. The summed E-state index contributed by atoms with van der Waals surface area (Å²) in [5.74, 6) is 0.497. The van der Waals surface area contributed by atoms with Crippen LogP contribution in [0.3, 0.4) is 0 Å². The molecule has 24 heavy (non-hydrogen) atoms. The first-order valence-electron chi connectivity index (χ1n) is 8.81. The Bertz CT molecular complexity index is 570. The fraction of sp³-hybridized carbons (Fsp3) is 0.632. The van der Waals surface area contributed by atoms with Crippen LogP contribution >= 0.6 is 11.6 Å². The second-order valence-corrected chi connectivity index (χ2v) is 7.61. The molecule has 0 unspecified atom stereocenters. The van der Waals surface area contributed by atoms with Crippen LogP contribution < -0.4 is 0 Å². The number of amides is 1. The SMILES string of the molecule is C[C@@H]1CN(C(=O)Cc2ccc(Cl)cc2)CC[C@@]1(O)C1CCOCC1. The van der Waals surface area contributed by atoms with Gasteiger partial charge in [0.25, 0.3) is 0 Å². The van der Waals surface area contributed by atoms with Gasteiger partial charge in [-0.2, -0.15) is 0 Å². The summed E-state index contributed by atoms with van der Waals surface area (Å²) in [6, 6.07) is 7.41. The molecule has 132 valence electrons. The first kappa shape index (κ1) is 17.7. The Morgan fingerprint density at radius 1 is 1.33 bits per heavy atom. The highest BCUT2D eigenvalue weighted by Crippen LogP contribution is 2.39. The van der Waals surface area contributed by atoms with Crippen LogP contribution in [0, 0.1) is 11.8 Å². The van der Waals surface area contributed by atoms with Crippen LogP contribution in [-0.2, 0) is 16.0 Å². The number of nitrogens with zero attached hydrogens (tertiary/aromatic N) is 1. The van der Waals surface area contributed by atoms with Crippen molar-refractivity contribution in [2.45, 2.75) is 38.2 Å². The molecule has 2 aliphatic heterocycles. The number of rotatable bonds is 3. The van der Waals surface area contributed by atoms with Crippen molar-refractivity contribution in [2.75, 3.05) is 26.3 Å². The lowest BCUT2D eigenvalue weighted by Crippen LogP contribution is -2.57. The predicted octanol–water partition coefficient (Wildman–Crippen LogP) is 2.91. The van der Waals surface area contributed by atoms with Crippen LogP contribution in [0.4, 0.5) is 0 Å². The summed E-state index contributed by atoms with van der Waals surface area (Å²) in [6.07, 6.45) is 2.88. The summed E-state index contributed by atoms with van der Waals surface area (Å²) in [5, 5.41) is 11.9. The molecular formula is C19H26ClNO3. The Morgan fingerprint density at radius 2 is 2.00 bits per heavy atom. The molecule has 0 aliphatic carbocycles. The standard InChI is InChI=1S/C19H26ClNO3/c1-14-13-21(18(22)12-15-2-4-17(20)5-3-15)9-8-19(14,23)16-6-10-24-11-7-16/h2-5,14,16,23H,6-13H2,1H3/t14-,19+/m1/s1. The first-order valence-corrected chi connectivity index (χ1v) is 9.19.